The lowest BCUT2D eigenvalue weighted by molar-refractivity contribution is -0.137. The van der Waals surface area contributed by atoms with Crippen LogP contribution in [0.5, 0.6) is 0 Å². The molecule has 2 N–H and O–H groups in total. The van der Waals surface area contributed by atoms with Crippen LogP contribution in [0.25, 0.3) is 22.5 Å². The van der Waals surface area contributed by atoms with Crippen LogP contribution < -0.4 is 5.32 Å². The summed E-state index contributed by atoms with van der Waals surface area (Å²) in [5.41, 5.74) is 5.79. The summed E-state index contributed by atoms with van der Waals surface area (Å²) in [6, 6.07) is 22.3. The molecule has 0 saturated heterocycles. The normalized spacial score (nSPS) is 11.2. The monoisotopic (exact) mass is 346 g/mol. The predicted molar refractivity (Wildman–Crippen MR) is 106 cm³/mol. The minimum absolute atomic E-state index is 0.349. The average molecular weight is 346 g/mol. The zero-order chi connectivity index (χ0) is 18.4. The van der Waals surface area contributed by atoms with E-state index in [1.54, 1.807) is 6.92 Å². The summed E-state index contributed by atoms with van der Waals surface area (Å²) < 4.78 is 4.98. The van der Waals surface area contributed by atoms with E-state index in [9.17, 15) is 4.79 Å². The van der Waals surface area contributed by atoms with Crippen LogP contribution in [0.4, 0.5) is 5.69 Å². The van der Waals surface area contributed by atoms with Crippen molar-refractivity contribution in [1.29, 1.82) is 0 Å². The van der Waals surface area contributed by atoms with E-state index in [4.69, 9.17) is 4.74 Å². The molecule has 1 aromatic heterocycles. The number of esters is 1. The molecular weight excluding hydrogens is 324 g/mol. The van der Waals surface area contributed by atoms with Crippen LogP contribution in [-0.2, 0) is 9.53 Å². The molecule has 4 nitrogen and oxygen atoms in total. The highest BCUT2D eigenvalue weighted by molar-refractivity contribution is 5.85. The third-order valence-electron chi connectivity index (χ3n) is 3.92. The second-order valence-electron chi connectivity index (χ2n) is 5.91. The molecular formula is C22H22N2O2. The summed E-state index contributed by atoms with van der Waals surface area (Å²) in [4.78, 5) is 15.2. The van der Waals surface area contributed by atoms with Crippen LogP contribution in [0.1, 0.15) is 13.8 Å². The topological polar surface area (TPSA) is 54.1 Å². The Bertz CT molecular complexity index is 896. The molecule has 4 heteroatoms. The first kappa shape index (κ1) is 17.5. The molecule has 0 aliphatic rings. The second kappa shape index (κ2) is 8.21. The van der Waals surface area contributed by atoms with Gasteiger partial charge in [0.1, 0.15) is 0 Å². The largest absolute Gasteiger partial charge is 0.463 e. The number of benzene rings is 2. The number of hydrogen-bond acceptors (Lipinski definition) is 3. The maximum atomic E-state index is 11.7. The number of anilines is 1. The summed E-state index contributed by atoms with van der Waals surface area (Å²) in [6.07, 6.45) is 1.47. The number of carbonyl (C=O) groups is 1. The van der Waals surface area contributed by atoms with Crippen molar-refractivity contribution in [2.75, 3.05) is 11.9 Å². The third-order valence-corrected chi connectivity index (χ3v) is 3.92. The van der Waals surface area contributed by atoms with Crippen LogP contribution in [0, 0.1) is 0 Å². The minimum Gasteiger partial charge on any atom is -0.463 e. The third kappa shape index (κ3) is 4.22. The molecule has 0 aliphatic carbocycles. The zero-order valence-corrected chi connectivity index (χ0v) is 15.0. The van der Waals surface area contributed by atoms with Crippen molar-refractivity contribution in [3.05, 3.63) is 78.5 Å². The Kier molecular flexibility index (Phi) is 5.54. The fraction of sp³-hybridized carbons (Fsp3) is 0.136. The fourth-order valence-electron chi connectivity index (χ4n) is 2.77. The van der Waals surface area contributed by atoms with E-state index >= 15 is 0 Å². The summed E-state index contributed by atoms with van der Waals surface area (Å²) in [5.74, 6) is -0.349. The van der Waals surface area contributed by atoms with Gasteiger partial charge in [0, 0.05) is 23.0 Å². The van der Waals surface area contributed by atoms with Gasteiger partial charge in [0.2, 0.25) is 0 Å². The van der Waals surface area contributed by atoms with E-state index in [-0.39, 0.29) is 5.97 Å². The van der Waals surface area contributed by atoms with Gasteiger partial charge >= 0.3 is 5.97 Å². The molecule has 26 heavy (non-hydrogen) atoms. The summed E-state index contributed by atoms with van der Waals surface area (Å²) >= 11 is 0. The fourth-order valence-corrected chi connectivity index (χ4v) is 2.77. The maximum Gasteiger partial charge on any atom is 0.332 e. The van der Waals surface area contributed by atoms with Crippen LogP contribution in [-0.4, -0.2) is 17.6 Å². The van der Waals surface area contributed by atoms with Crippen LogP contribution in [0.15, 0.2) is 78.5 Å². The Morgan fingerprint density at radius 1 is 1.04 bits per heavy atom. The zero-order valence-electron chi connectivity index (χ0n) is 15.0. The van der Waals surface area contributed by atoms with Gasteiger partial charge in [-0.15, -0.1) is 0 Å². The highest BCUT2D eigenvalue weighted by atomic mass is 16.5. The van der Waals surface area contributed by atoms with Gasteiger partial charge in [-0.1, -0.05) is 60.7 Å². The van der Waals surface area contributed by atoms with Crippen molar-refractivity contribution < 1.29 is 9.53 Å². The molecule has 3 aromatic rings. The van der Waals surface area contributed by atoms with Gasteiger partial charge in [0.15, 0.2) is 0 Å². The van der Waals surface area contributed by atoms with Crippen molar-refractivity contribution in [2.24, 2.45) is 0 Å². The highest BCUT2D eigenvalue weighted by Crippen LogP contribution is 2.33. The molecule has 2 aromatic carbocycles. The average Bonchev–Trinajstić information content (AvgIpc) is 3.07. The molecule has 0 fully saturated rings. The van der Waals surface area contributed by atoms with E-state index in [1.807, 2.05) is 43.3 Å². The molecule has 0 unspecified atom stereocenters. The smallest absolute Gasteiger partial charge is 0.332 e. The summed E-state index contributed by atoms with van der Waals surface area (Å²) in [5, 5.41) is 3.32. The van der Waals surface area contributed by atoms with E-state index in [0.29, 0.717) is 6.61 Å². The Labute approximate surface area is 153 Å². The predicted octanol–water partition coefficient (Wildman–Crippen LogP) is 5.23. The molecule has 0 atom stereocenters. The lowest BCUT2D eigenvalue weighted by Gasteiger charge is -2.08. The van der Waals surface area contributed by atoms with E-state index in [1.165, 1.54) is 6.08 Å². The first-order valence-electron chi connectivity index (χ1n) is 8.63. The molecule has 0 amide bonds. The number of carbonyl (C=O) groups excluding carboxylic acids is 1. The van der Waals surface area contributed by atoms with Gasteiger partial charge in [0.05, 0.1) is 18.0 Å². The Hall–Kier alpha value is -3.27. The van der Waals surface area contributed by atoms with Crippen LogP contribution in [0.3, 0.4) is 0 Å². The minimum atomic E-state index is -0.349. The van der Waals surface area contributed by atoms with Crippen molar-refractivity contribution in [3.63, 3.8) is 0 Å². The number of hydrogen-bond donors (Lipinski definition) is 2. The number of aromatic nitrogens is 1. The Balaban J connectivity index is 1.97. The molecule has 132 valence electrons. The highest BCUT2D eigenvalue weighted by Gasteiger charge is 2.12. The summed E-state index contributed by atoms with van der Waals surface area (Å²) in [7, 11) is 0. The molecule has 0 spiro atoms. The number of rotatable bonds is 6. The first-order valence-corrected chi connectivity index (χ1v) is 8.63. The van der Waals surface area contributed by atoms with Crippen molar-refractivity contribution in [1.82, 2.24) is 4.98 Å². The first-order chi connectivity index (χ1) is 12.7. The Morgan fingerprint density at radius 2 is 1.65 bits per heavy atom. The number of H-pyrrole nitrogens is 1. The molecule has 0 saturated carbocycles. The quantitative estimate of drug-likeness (QED) is 0.475. The number of allylic oxidation sites excluding steroid dienone is 1. The number of nitrogens with one attached hydrogen (secondary N) is 2. The molecule has 3 rings (SSSR count). The van der Waals surface area contributed by atoms with Gasteiger partial charge in [-0.25, -0.2) is 4.79 Å². The molecule has 0 bridgehead atoms. The lowest BCUT2D eigenvalue weighted by atomic mass is 10.1. The van der Waals surface area contributed by atoms with E-state index in [2.05, 4.69) is 40.6 Å². The number of ether oxygens (including phenoxy) is 1. The SMILES string of the molecule is CCOC(=O)C=C(C)Nc1cc(-c2ccccc2)[nH]c1-c1ccccc1. The van der Waals surface area contributed by atoms with Gasteiger partial charge < -0.3 is 15.0 Å². The standard InChI is InChI=1S/C22H22N2O2/c1-3-26-21(25)14-16(2)23-20-15-19(17-10-6-4-7-11-17)24-22(20)18-12-8-5-9-13-18/h4-15,23-24H,3H2,1-2H3. The molecule has 0 aliphatic heterocycles. The summed E-state index contributed by atoms with van der Waals surface area (Å²) in [6.45, 7) is 4.00. The Morgan fingerprint density at radius 3 is 2.27 bits per heavy atom. The molecule has 1 heterocycles. The van der Waals surface area contributed by atoms with Gasteiger partial charge in [-0.05, 0) is 25.5 Å². The maximum absolute atomic E-state index is 11.7. The van der Waals surface area contributed by atoms with E-state index in [0.717, 1.165) is 33.9 Å². The van der Waals surface area contributed by atoms with Crippen LogP contribution >= 0.6 is 0 Å². The van der Waals surface area contributed by atoms with Crippen molar-refractivity contribution in [2.45, 2.75) is 13.8 Å². The van der Waals surface area contributed by atoms with Gasteiger partial charge in [0.25, 0.3) is 0 Å². The lowest BCUT2D eigenvalue weighted by Crippen LogP contribution is -2.04. The van der Waals surface area contributed by atoms with Gasteiger partial charge in [-0.3, -0.25) is 0 Å². The van der Waals surface area contributed by atoms with Crippen LogP contribution in [0.2, 0.25) is 0 Å². The van der Waals surface area contributed by atoms with Crippen molar-refractivity contribution >= 4 is 11.7 Å². The van der Waals surface area contributed by atoms with Crippen molar-refractivity contribution in [3.8, 4) is 22.5 Å². The van der Waals surface area contributed by atoms with Gasteiger partial charge in [-0.2, -0.15) is 0 Å². The van der Waals surface area contributed by atoms with E-state index < -0.39 is 0 Å². The second-order valence-corrected chi connectivity index (χ2v) is 5.91. The number of aromatic amines is 1. The molecule has 0 radical (unpaired) electrons.